The Morgan fingerprint density at radius 1 is 1.50 bits per heavy atom. The molecular formula is C13H16O3. The number of aryl methyl sites for hydroxylation is 1. The zero-order chi connectivity index (χ0) is 12.0. The molecule has 3 heteroatoms. The fourth-order valence-corrected chi connectivity index (χ4v) is 1.32. The van der Waals surface area contributed by atoms with E-state index in [9.17, 15) is 4.79 Å². The summed E-state index contributed by atoms with van der Waals surface area (Å²) in [5.74, 6) is -0.344. The van der Waals surface area contributed by atoms with Gasteiger partial charge >= 0.3 is 5.97 Å². The number of esters is 1. The van der Waals surface area contributed by atoms with Gasteiger partial charge in [-0.05, 0) is 18.1 Å². The van der Waals surface area contributed by atoms with E-state index in [1.54, 1.807) is 0 Å². The van der Waals surface area contributed by atoms with Crippen molar-refractivity contribution in [3.63, 3.8) is 0 Å². The smallest absolute Gasteiger partial charge is 0.302 e. The molecule has 0 saturated carbocycles. The fraction of sp³-hybridized carbons (Fsp3) is 0.308. The average molecular weight is 220 g/mol. The maximum Gasteiger partial charge on any atom is 0.302 e. The van der Waals surface area contributed by atoms with Gasteiger partial charge in [0, 0.05) is 6.92 Å². The third-order valence-corrected chi connectivity index (χ3v) is 2.08. The highest BCUT2D eigenvalue weighted by Gasteiger charge is 1.99. The molecule has 1 rings (SSSR count). The molecule has 0 radical (unpaired) electrons. The Hall–Kier alpha value is -1.61. The number of hydrogen-bond acceptors (Lipinski definition) is 3. The number of ether oxygens (including phenoxy) is 1. The summed E-state index contributed by atoms with van der Waals surface area (Å²) in [5, 5.41) is 9.11. The lowest BCUT2D eigenvalue weighted by atomic mass is 10.1. The van der Waals surface area contributed by atoms with Gasteiger partial charge < -0.3 is 9.84 Å². The van der Waals surface area contributed by atoms with Crippen LogP contribution in [-0.2, 0) is 9.53 Å². The van der Waals surface area contributed by atoms with E-state index in [0.717, 1.165) is 11.1 Å². The van der Waals surface area contributed by atoms with Crippen molar-refractivity contribution >= 4 is 12.0 Å². The van der Waals surface area contributed by atoms with Gasteiger partial charge in [0.1, 0.15) is 6.61 Å². The molecule has 0 fully saturated rings. The maximum atomic E-state index is 10.6. The third kappa shape index (κ3) is 4.28. The first-order chi connectivity index (χ1) is 7.61. The molecule has 1 N–H and O–H groups in total. The molecule has 0 saturated heterocycles. The lowest BCUT2D eigenvalue weighted by Gasteiger charge is -2.05. The van der Waals surface area contributed by atoms with Crippen LogP contribution in [0.4, 0.5) is 0 Å². The minimum absolute atomic E-state index is 0.110. The monoisotopic (exact) mass is 220 g/mol. The van der Waals surface area contributed by atoms with Crippen molar-refractivity contribution in [3.8, 4) is 0 Å². The third-order valence-electron chi connectivity index (χ3n) is 2.08. The normalized spacial score (nSPS) is 11.3. The van der Waals surface area contributed by atoms with Crippen molar-refractivity contribution in [1.82, 2.24) is 0 Å². The Bertz CT molecular complexity index is 394. The van der Waals surface area contributed by atoms with Gasteiger partial charge in [-0.3, -0.25) is 4.79 Å². The summed E-state index contributed by atoms with van der Waals surface area (Å²) in [6.45, 7) is 3.38. The minimum Gasteiger partial charge on any atom is -0.461 e. The predicted octanol–water partition coefficient (Wildman–Crippen LogP) is 1.93. The second kappa shape index (κ2) is 6.08. The van der Waals surface area contributed by atoms with E-state index in [1.165, 1.54) is 6.92 Å². The van der Waals surface area contributed by atoms with E-state index >= 15 is 0 Å². The van der Waals surface area contributed by atoms with Gasteiger partial charge in [-0.2, -0.15) is 0 Å². The number of carbonyl (C=O) groups is 1. The summed E-state index contributed by atoms with van der Waals surface area (Å²) >= 11 is 0. The summed E-state index contributed by atoms with van der Waals surface area (Å²) in [6, 6.07) is 7.89. The molecule has 0 aromatic heterocycles. The van der Waals surface area contributed by atoms with Crippen LogP contribution in [0.5, 0.6) is 0 Å². The van der Waals surface area contributed by atoms with Crippen molar-refractivity contribution in [3.05, 3.63) is 41.0 Å². The van der Waals surface area contributed by atoms with Crippen LogP contribution in [0.15, 0.2) is 29.8 Å². The number of benzene rings is 1. The number of rotatable bonds is 4. The van der Waals surface area contributed by atoms with E-state index in [0.29, 0.717) is 5.57 Å². The van der Waals surface area contributed by atoms with E-state index in [-0.39, 0.29) is 19.2 Å². The highest BCUT2D eigenvalue weighted by molar-refractivity contribution is 5.66. The van der Waals surface area contributed by atoms with E-state index in [4.69, 9.17) is 9.84 Å². The Morgan fingerprint density at radius 3 is 2.81 bits per heavy atom. The largest absolute Gasteiger partial charge is 0.461 e. The van der Waals surface area contributed by atoms with Crippen molar-refractivity contribution in [1.29, 1.82) is 0 Å². The molecule has 0 aliphatic heterocycles. The number of hydrogen-bond donors (Lipinski definition) is 1. The van der Waals surface area contributed by atoms with Crippen LogP contribution in [0.3, 0.4) is 0 Å². The van der Waals surface area contributed by atoms with Crippen molar-refractivity contribution in [2.45, 2.75) is 13.8 Å². The highest BCUT2D eigenvalue weighted by atomic mass is 16.5. The van der Waals surface area contributed by atoms with Gasteiger partial charge in [0.15, 0.2) is 0 Å². The van der Waals surface area contributed by atoms with Crippen molar-refractivity contribution < 1.29 is 14.6 Å². The summed E-state index contributed by atoms with van der Waals surface area (Å²) < 4.78 is 4.83. The molecule has 0 amide bonds. The Kier molecular flexibility index (Phi) is 4.73. The summed E-state index contributed by atoms with van der Waals surface area (Å²) in [4.78, 5) is 10.6. The molecule has 1 aromatic carbocycles. The summed E-state index contributed by atoms with van der Waals surface area (Å²) in [6.07, 6.45) is 1.83. The maximum absolute atomic E-state index is 10.6. The van der Waals surface area contributed by atoms with Gasteiger partial charge in [0.05, 0.1) is 6.61 Å². The van der Waals surface area contributed by atoms with E-state index in [1.807, 2.05) is 37.3 Å². The SMILES string of the molecule is CC(=O)OC/C(=C/c1cccc(C)c1)CO. The van der Waals surface area contributed by atoms with E-state index < -0.39 is 0 Å². The summed E-state index contributed by atoms with van der Waals surface area (Å²) in [7, 11) is 0. The Labute approximate surface area is 95.4 Å². The van der Waals surface area contributed by atoms with Crippen molar-refractivity contribution in [2.24, 2.45) is 0 Å². The molecule has 0 atom stereocenters. The minimum atomic E-state index is -0.344. The molecule has 3 nitrogen and oxygen atoms in total. The van der Waals surface area contributed by atoms with Crippen LogP contribution in [0.2, 0.25) is 0 Å². The molecular weight excluding hydrogens is 204 g/mol. The zero-order valence-electron chi connectivity index (χ0n) is 9.56. The van der Waals surface area contributed by atoms with Gasteiger partial charge in [-0.25, -0.2) is 0 Å². The van der Waals surface area contributed by atoms with E-state index in [2.05, 4.69) is 0 Å². The van der Waals surface area contributed by atoms with Crippen LogP contribution >= 0.6 is 0 Å². The quantitative estimate of drug-likeness (QED) is 0.789. The first-order valence-electron chi connectivity index (χ1n) is 5.12. The van der Waals surface area contributed by atoms with Crippen LogP contribution in [-0.4, -0.2) is 24.3 Å². The van der Waals surface area contributed by atoms with Crippen LogP contribution in [0.25, 0.3) is 6.08 Å². The number of carbonyl (C=O) groups excluding carboxylic acids is 1. The summed E-state index contributed by atoms with van der Waals surface area (Å²) in [5.41, 5.74) is 2.83. The molecule has 1 aromatic rings. The molecule has 0 spiro atoms. The lowest BCUT2D eigenvalue weighted by Crippen LogP contribution is -2.05. The van der Waals surface area contributed by atoms with Gasteiger partial charge in [0.25, 0.3) is 0 Å². The van der Waals surface area contributed by atoms with Gasteiger partial charge in [-0.15, -0.1) is 0 Å². The molecule has 0 aliphatic rings. The molecule has 0 heterocycles. The van der Waals surface area contributed by atoms with Crippen LogP contribution in [0.1, 0.15) is 18.1 Å². The Balaban J connectivity index is 2.75. The fourth-order valence-electron chi connectivity index (χ4n) is 1.32. The predicted molar refractivity (Wildman–Crippen MR) is 62.9 cm³/mol. The molecule has 86 valence electrons. The molecule has 0 bridgehead atoms. The second-order valence-electron chi connectivity index (χ2n) is 3.66. The standard InChI is InChI=1S/C13H16O3/c1-10-4-3-5-12(6-10)7-13(8-14)9-16-11(2)15/h3-7,14H,8-9H2,1-2H3/b13-7+. The zero-order valence-corrected chi connectivity index (χ0v) is 9.56. The topological polar surface area (TPSA) is 46.5 Å². The van der Waals surface area contributed by atoms with Gasteiger partial charge in [-0.1, -0.05) is 35.9 Å². The highest BCUT2D eigenvalue weighted by Crippen LogP contribution is 2.09. The van der Waals surface area contributed by atoms with Crippen molar-refractivity contribution in [2.75, 3.05) is 13.2 Å². The number of aliphatic hydroxyl groups excluding tert-OH is 1. The first-order valence-corrected chi connectivity index (χ1v) is 5.12. The molecule has 16 heavy (non-hydrogen) atoms. The molecule has 0 unspecified atom stereocenters. The molecule has 0 aliphatic carbocycles. The first kappa shape index (κ1) is 12.5. The second-order valence-corrected chi connectivity index (χ2v) is 3.66. The van der Waals surface area contributed by atoms with Crippen LogP contribution < -0.4 is 0 Å². The van der Waals surface area contributed by atoms with Gasteiger partial charge in [0.2, 0.25) is 0 Å². The van der Waals surface area contributed by atoms with Crippen LogP contribution in [0, 0.1) is 6.92 Å². The number of aliphatic hydroxyl groups is 1. The lowest BCUT2D eigenvalue weighted by molar-refractivity contribution is -0.140. The Morgan fingerprint density at radius 2 is 2.25 bits per heavy atom. The average Bonchev–Trinajstić information content (AvgIpc) is 2.24.